The summed E-state index contributed by atoms with van der Waals surface area (Å²) in [6, 6.07) is 23.4. The quantitative estimate of drug-likeness (QED) is 0.474. The van der Waals surface area contributed by atoms with Gasteiger partial charge >= 0.3 is 0 Å². The topological polar surface area (TPSA) is 50.5 Å². The van der Waals surface area contributed by atoms with E-state index in [4.69, 9.17) is 16.0 Å². The number of hydrogen-bond donors (Lipinski definition) is 0. The second-order valence-electron chi connectivity index (χ2n) is 7.05. The normalized spacial score (nSPS) is 15.7. The molecule has 4 nitrogen and oxygen atoms in total. The predicted molar refractivity (Wildman–Crippen MR) is 112 cm³/mol. The Hall–Kier alpha value is -3.37. The Labute approximate surface area is 172 Å². The fourth-order valence-electron chi connectivity index (χ4n) is 3.93. The van der Waals surface area contributed by atoms with Gasteiger partial charge < -0.3 is 9.32 Å². The summed E-state index contributed by atoms with van der Waals surface area (Å²) in [4.78, 5) is 28.4. The molecule has 0 saturated carbocycles. The van der Waals surface area contributed by atoms with E-state index in [2.05, 4.69) is 0 Å². The van der Waals surface area contributed by atoms with Crippen LogP contribution in [0.4, 0.5) is 0 Å². The van der Waals surface area contributed by atoms with Crippen molar-refractivity contribution in [3.05, 3.63) is 117 Å². The van der Waals surface area contributed by atoms with Crippen LogP contribution in [0.3, 0.4) is 0 Å². The predicted octanol–water partition coefficient (Wildman–Crippen LogP) is 5.19. The zero-order valence-corrected chi connectivity index (χ0v) is 16.1. The van der Waals surface area contributed by atoms with Gasteiger partial charge in [0.2, 0.25) is 5.76 Å². The van der Waals surface area contributed by atoms with E-state index in [9.17, 15) is 9.59 Å². The zero-order valence-electron chi connectivity index (χ0n) is 15.3. The third-order valence-corrected chi connectivity index (χ3v) is 5.47. The van der Waals surface area contributed by atoms with Crippen LogP contribution in [-0.4, -0.2) is 10.8 Å². The van der Waals surface area contributed by atoms with Gasteiger partial charge in [0.25, 0.3) is 5.91 Å². The number of hydrogen-bond acceptors (Lipinski definition) is 3. The molecular weight excluding hydrogens is 386 g/mol. The van der Waals surface area contributed by atoms with Crippen LogP contribution in [0.5, 0.6) is 0 Å². The second kappa shape index (κ2) is 6.90. The molecule has 2 heterocycles. The molecule has 0 fully saturated rings. The summed E-state index contributed by atoms with van der Waals surface area (Å²) in [6.07, 6.45) is 0. The summed E-state index contributed by atoms with van der Waals surface area (Å²) in [5.41, 5.74) is 2.35. The van der Waals surface area contributed by atoms with E-state index in [1.54, 1.807) is 41.3 Å². The van der Waals surface area contributed by atoms with Crippen molar-refractivity contribution in [1.29, 1.82) is 0 Å². The molecule has 0 N–H and O–H groups in total. The molecule has 142 valence electrons. The lowest BCUT2D eigenvalue weighted by molar-refractivity contribution is 0.0714. The first-order chi connectivity index (χ1) is 14.1. The molecule has 1 aliphatic rings. The number of nitrogens with zero attached hydrogens (tertiary/aromatic N) is 1. The van der Waals surface area contributed by atoms with Crippen molar-refractivity contribution in [3.8, 4) is 0 Å². The highest BCUT2D eigenvalue weighted by Crippen LogP contribution is 2.39. The van der Waals surface area contributed by atoms with E-state index in [1.165, 1.54) is 0 Å². The fourth-order valence-corrected chi connectivity index (χ4v) is 4.13. The monoisotopic (exact) mass is 401 g/mol. The molecule has 5 rings (SSSR count). The number of halogens is 1. The molecule has 1 aliphatic heterocycles. The SMILES string of the molecule is O=C1c2oc3ccccc3c(=O)c2[C@H](c2cccc(Cl)c2)N1Cc1ccccc1. The summed E-state index contributed by atoms with van der Waals surface area (Å²) in [5, 5.41) is 1.01. The van der Waals surface area contributed by atoms with Gasteiger partial charge in [-0.15, -0.1) is 0 Å². The summed E-state index contributed by atoms with van der Waals surface area (Å²) >= 11 is 6.22. The van der Waals surface area contributed by atoms with Crippen LogP contribution in [0.2, 0.25) is 5.02 Å². The molecular formula is C24H16ClNO3. The van der Waals surface area contributed by atoms with Crippen molar-refractivity contribution in [3.63, 3.8) is 0 Å². The van der Waals surface area contributed by atoms with Crippen molar-refractivity contribution < 1.29 is 9.21 Å². The van der Waals surface area contributed by atoms with Crippen molar-refractivity contribution in [2.24, 2.45) is 0 Å². The maximum atomic E-state index is 13.4. The largest absolute Gasteiger partial charge is 0.450 e. The smallest absolute Gasteiger partial charge is 0.291 e. The number of benzene rings is 3. The van der Waals surface area contributed by atoms with Gasteiger partial charge in [-0.1, -0.05) is 66.2 Å². The number of amides is 1. The highest BCUT2D eigenvalue weighted by atomic mass is 35.5. The minimum atomic E-state index is -0.558. The van der Waals surface area contributed by atoms with Gasteiger partial charge in [0, 0.05) is 11.6 Å². The lowest BCUT2D eigenvalue weighted by Crippen LogP contribution is -2.29. The fraction of sp³-hybridized carbons (Fsp3) is 0.0833. The molecule has 0 bridgehead atoms. The number of carbonyl (C=O) groups is 1. The Kier molecular flexibility index (Phi) is 4.22. The average Bonchev–Trinajstić information content (AvgIpc) is 3.01. The van der Waals surface area contributed by atoms with E-state index in [1.807, 2.05) is 42.5 Å². The van der Waals surface area contributed by atoms with Crippen molar-refractivity contribution in [2.45, 2.75) is 12.6 Å². The molecule has 1 amide bonds. The van der Waals surface area contributed by atoms with E-state index in [0.717, 1.165) is 11.1 Å². The van der Waals surface area contributed by atoms with Crippen LogP contribution in [0.1, 0.15) is 33.3 Å². The Balaban J connectivity index is 1.74. The lowest BCUT2D eigenvalue weighted by atomic mass is 9.98. The van der Waals surface area contributed by atoms with E-state index in [0.29, 0.717) is 28.1 Å². The average molecular weight is 402 g/mol. The first kappa shape index (κ1) is 17.7. The van der Waals surface area contributed by atoms with Crippen LogP contribution < -0.4 is 5.43 Å². The summed E-state index contributed by atoms with van der Waals surface area (Å²) in [5.74, 6) is -0.189. The summed E-state index contributed by atoms with van der Waals surface area (Å²) < 4.78 is 5.92. The zero-order chi connectivity index (χ0) is 20.0. The van der Waals surface area contributed by atoms with Crippen LogP contribution in [0.25, 0.3) is 11.0 Å². The third-order valence-electron chi connectivity index (χ3n) is 5.23. The lowest BCUT2D eigenvalue weighted by Gasteiger charge is -2.25. The number of carbonyl (C=O) groups excluding carboxylic acids is 1. The van der Waals surface area contributed by atoms with Crippen molar-refractivity contribution in [1.82, 2.24) is 4.90 Å². The Morgan fingerprint density at radius 1 is 0.897 bits per heavy atom. The summed E-state index contributed by atoms with van der Waals surface area (Å²) in [6.45, 7) is 0.358. The van der Waals surface area contributed by atoms with Crippen LogP contribution in [0, 0.1) is 0 Å². The van der Waals surface area contributed by atoms with Gasteiger partial charge in [0.1, 0.15) is 5.58 Å². The van der Waals surface area contributed by atoms with E-state index in [-0.39, 0.29) is 17.1 Å². The Morgan fingerprint density at radius 2 is 1.66 bits per heavy atom. The van der Waals surface area contributed by atoms with Gasteiger partial charge in [-0.25, -0.2) is 0 Å². The molecule has 0 spiro atoms. The minimum absolute atomic E-state index is 0.106. The highest BCUT2D eigenvalue weighted by molar-refractivity contribution is 6.30. The maximum absolute atomic E-state index is 13.4. The summed E-state index contributed by atoms with van der Waals surface area (Å²) in [7, 11) is 0. The van der Waals surface area contributed by atoms with Crippen LogP contribution in [0.15, 0.2) is 88.1 Å². The van der Waals surface area contributed by atoms with Gasteiger partial charge in [-0.2, -0.15) is 0 Å². The van der Waals surface area contributed by atoms with Gasteiger partial charge in [0.15, 0.2) is 5.43 Å². The third kappa shape index (κ3) is 2.93. The maximum Gasteiger partial charge on any atom is 0.291 e. The molecule has 0 aliphatic carbocycles. The second-order valence-corrected chi connectivity index (χ2v) is 7.48. The molecule has 4 aromatic rings. The molecule has 0 radical (unpaired) electrons. The van der Waals surface area contributed by atoms with Crippen LogP contribution in [-0.2, 0) is 6.54 Å². The first-order valence-electron chi connectivity index (χ1n) is 9.29. The number of para-hydroxylation sites is 1. The van der Waals surface area contributed by atoms with Crippen LogP contribution >= 0.6 is 11.6 Å². The molecule has 0 unspecified atom stereocenters. The number of rotatable bonds is 3. The molecule has 1 aromatic heterocycles. The van der Waals surface area contributed by atoms with Crippen molar-refractivity contribution in [2.75, 3.05) is 0 Å². The minimum Gasteiger partial charge on any atom is -0.450 e. The molecule has 29 heavy (non-hydrogen) atoms. The van der Waals surface area contributed by atoms with Crippen molar-refractivity contribution >= 4 is 28.5 Å². The van der Waals surface area contributed by atoms with E-state index >= 15 is 0 Å². The molecule has 1 atom stereocenters. The Morgan fingerprint density at radius 3 is 2.45 bits per heavy atom. The Bertz CT molecular complexity index is 1300. The van der Waals surface area contributed by atoms with Gasteiger partial charge in [-0.05, 0) is 35.4 Å². The first-order valence-corrected chi connectivity index (χ1v) is 9.67. The van der Waals surface area contributed by atoms with Gasteiger partial charge in [0.05, 0.1) is 17.0 Å². The molecule has 0 saturated heterocycles. The molecule has 3 aromatic carbocycles. The van der Waals surface area contributed by atoms with Gasteiger partial charge in [-0.3, -0.25) is 9.59 Å². The molecule has 5 heteroatoms. The number of fused-ring (bicyclic) bond motifs is 2. The standard InChI is InChI=1S/C24H16ClNO3/c25-17-10-6-9-16(13-17)21-20-22(27)18-11-4-5-12-19(18)29-23(20)24(28)26(21)14-15-7-2-1-3-8-15/h1-13,21H,14H2/t21-/m0/s1. The highest BCUT2D eigenvalue weighted by Gasteiger charge is 2.42. The van der Waals surface area contributed by atoms with E-state index < -0.39 is 6.04 Å².